The number of nitrogens with two attached hydrogens (primary N) is 1. The SMILES string of the molecule is CCC(C)(CN)C(=O)NCC(C)(C)SC. The van der Waals surface area contributed by atoms with Crippen molar-refractivity contribution in [2.24, 2.45) is 11.1 Å². The largest absolute Gasteiger partial charge is 0.354 e. The summed E-state index contributed by atoms with van der Waals surface area (Å²) in [7, 11) is 0. The summed E-state index contributed by atoms with van der Waals surface area (Å²) in [6.45, 7) is 9.21. The number of hydrogen-bond donors (Lipinski definition) is 2. The Balaban J connectivity index is 4.26. The zero-order chi connectivity index (χ0) is 12.1. The van der Waals surface area contributed by atoms with Crippen LogP contribution in [-0.2, 0) is 4.79 Å². The van der Waals surface area contributed by atoms with Crippen LogP contribution < -0.4 is 11.1 Å². The molecule has 0 aliphatic heterocycles. The van der Waals surface area contributed by atoms with Crippen LogP contribution >= 0.6 is 11.8 Å². The Hall–Kier alpha value is -0.220. The molecule has 1 unspecified atom stereocenters. The van der Waals surface area contributed by atoms with Gasteiger partial charge in [-0.3, -0.25) is 4.79 Å². The van der Waals surface area contributed by atoms with Gasteiger partial charge in [0.25, 0.3) is 0 Å². The van der Waals surface area contributed by atoms with E-state index in [-0.39, 0.29) is 10.7 Å². The highest BCUT2D eigenvalue weighted by Crippen LogP contribution is 2.22. The summed E-state index contributed by atoms with van der Waals surface area (Å²) < 4.78 is 0.0823. The highest BCUT2D eigenvalue weighted by atomic mass is 32.2. The van der Waals surface area contributed by atoms with Crippen molar-refractivity contribution >= 4 is 17.7 Å². The molecular formula is C11H24N2OS. The first-order valence-electron chi connectivity index (χ1n) is 5.35. The van der Waals surface area contributed by atoms with E-state index in [9.17, 15) is 4.79 Å². The standard InChI is InChI=1S/C11H24N2OS/c1-6-11(4,7-12)9(14)13-8-10(2,3)15-5/h6-8,12H2,1-5H3,(H,13,14). The summed E-state index contributed by atoms with van der Waals surface area (Å²) in [5, 5.41) is 2.98. The van der Waals surface area contributed by atoms with Gasteiger partial charge in [0, 0.05) is 17.8 Å². The average molecular weight is 232 g/mol. The Kier molecular flexibility index (Phi) is 5.67. The molecule has 3 N–H and O–H groups in total. The number of nitrogens with one attached hydrogen (secondary N) is 1. The zero-order valence-electron chi connectivity index (χ0n) is 10.5. The van der Waals surface area contributed by atoms with Crippen LogP contribution in [0.15, 0.2) is 0 Å². The first kappa shape index (κ1) is 14.8. The van der Waals surface area contributed by atoms with Gasteiger partial charge in [0.05, 0.1) is 5.41 Å². The fraction of sp³-hybridized carbons (Fsp3) is 0.909. The van der Waals surface area contributed by atoms with Gasteiger partial charge in [0.1, 0.15) is 0 Å². The third-order valence-electron chi connectivity index (χ3n) is 3.01. The van der Waals surface area contributed by atoms with Crippen molar-refractivity contribution in [3.8, 4) is 0 Å². The maximum atomic E-state index is 11.9. The van der Waals surface area contributed by atoms with Crippen LogP contribution in [0.25, 0.3) is 0 Å². The predicted molar refractivity (Wildman–Crippen MR) is 68.1 cm³/mol. The summed E-state index contributed by atoms with van der Waals surface area (Å²) in [6.07, 6.45) is 2.82. The van der Waals surface area contributed by atoms with Crippen LogP contribution in [0.2, 0.25) is 0 Å². The monoisotopic (exact) mass is 232 g/mol. The van der Waals surface area contributed by atoms with Crippen molar-refractivity contribution in [1.29, 1.82) is 0 Å². The number of rotatable bonds is 6. The van der Waals surface area contributed by atoms with Gasteiger partial charge in [-0.15, -0.1) is 0 Å². The lowest BCUT2D eigenvalue weighted by Crippen LogP contribution is -2.47. The van der Waals surface area contributed by atoms with Gasteiger partial charge in [0.15, 0.2) is 0 Å². The molecule has 1 amide bonds. The molecule has 0 aromatic heterocycles. The molecule has 15 heavy (non-hydrogen) atoms. The fourth-order valence-corrected chi connectivity index (χ4v) is 1.19. The molecule has 0 aliphatic carbocycles. The smallest absolute Gasteiger partial charge is 0.227 e. The van der Waals surface area contributed by atoms with E-state index in [1.54, 1.807) is 11.8 Å². The maximum absolute atomic E-state index is 11.9. The predicted octanol–water partition coefficient (Wildman–Crippen LogP) is 1.62. The van der Waals surface area contributed by atoms with Crippen LogP contribution in [0.4, 0.5) is 0 Å². The number of hydrogen-bond acceptors (Lipinski definition) is 3. The van der Waals surface area contributed by atoms with Gasteiger partial charge in [-0.05, 0) is 33.4 Å². The van der Waals surface area contributed by atoms with Crippen molar-refractivity contribution in [2.45, 2.75) is 38.9 Å². The van der Waals surface area contributed by atoms with E-state index in [2.05, 4.69) is 19.2 Å². The van der Waals surface area contributed by atoms with E-state index >= 15 is 0 Å². The number of carbonyl (C=O) groups excluding carboxylic acids is 1. The van der Waals surface area contributed by atoms with E-state index in [1.165, 1.54) is 0 Å². The quantitative estimate of drug-likeness (QED) is 0.731. The summed E-state index contributed by atoms with van der Waals surface area (Å²) in [4.78, 5) is 11.9. The summed E-state index contributed by atoms with van der Waals surface area (Å²) >= 11 is 1.75. The lowest BCUT2D eigenvalue weighted by atomic mass is 9.86. The molecule has 90 valence electrons. The highest BCUT2D eigenvalue weighted by molar-refractivity contribution is 7.99. The molecule has 0 aliphatic rings. The Morgan fingerprint density at radius 2 is 1.93 bits per heavy atom. The van der Waals surface area contributed by atoms with E-state index in [1.807, 2.05) is 20.1 Å². The van der Waals surface area contributed by atoms with E-state index in [0.29, 0.717) is 13.1 Å². The average Bonchev–Trinajstić information content (AvgIpc) is 2.24. The molecule has 1 atom stereocenters. The van der Waals surface area contributed by atoms with Crippen molar-refractivity contribution in [3.63, 3.8) is 0 Å². The van der Waals surface area contributed by atoms with Crippen LogP contribution in [0, 0.1) is 5.41 Å². The van der Waals surface area contributed by atoms with Gasteiger partial charge in [-0.25, -0.2) is 0 Å². The molecule has 3 nitrogen and oxygen atoms in total. The number of thioether (sulfide) groups is 1. The second-order valence-electron chi connectivity index (χ2n) is 4.76. The van der Waals surface area contributed by atoms with E-state index < -0.39 is 5.41 Å². The minimum atomic E-state index is -0.422. The van der Waals surface area contributed by atoms with Gasteiger partial charge in [0.2, 0.25) is 5.91 Å². The molecule has 0 aromatic rings. The molecule has 0 rings (SSSR count). The van der Waals surface area contributed by atoms with Crippen LogP contribution in [-0.4, -0.2) is 30.0 Å². The van der Waals surface area contributed by atoms with Crippen molar-refractivity contribution in [2.75, 3.05) is 19.3 Å². The van der Waals surface area contributed by atoms with Gasteiger partial charge in [-0.1, -0.05) is 6.92 Å². The second kappa shape index (κ2) is 5.75. The lowest BCUT2D eigenvalue weighted by Gasteiger charge is -2.28. The van der Waals surface area contributed by atoms with Gasteiger partial charge < -0.3 is 11.1 Å². The molecule has 0 saturated carbocycles. The van der Waals surface area contributed by atoms with Crippen LogP contribution in [0.3, 0.4) is 0 Å². The Bertz CT molecular complexity index is 213. The summed E-state index contributed by atoms with van der Waals surface area (Å²) in [5.41, 5.74) is 5.20. The summed E-state index contributed by atoms with van der Waals surface area (Å²) in [5.74, 6) is 0.0645. The first-order valence-corrected chi connectivity index (χ1v) is 6.57. The lowest BCUT2D eigenvalue weighted by molar-refractivity contribution is -0.129. The molecule has 0 spiro atoms. The topological polar surface area (TPSA) is 55.1 Å². The van der Waals surface area contributed by atoms with Crippen LogP contribution in [0.1, 0.15) is 34.1 Å². The Morgan fingerprint density at radius 3 is 2.27 bits per heavy atom. The first-order chi connectivity index (χ1) is 6.81. The highest BCUT2D eigenvalue weighted by Gasteiger charge is 2.30. The third kappa shape index (κ3) is 4.43. The molecule has 4 heteroatoms. The Morgan fingerprint density at radius 1 is 1.40 bits per heavy atom. The molecule has 0 aromatic carbocycles. The van der Waals surface area contributed by atoms with Crippen LogP contribution in [0.5, 0.6) is 0 Å². The van der Waals surface area contributed by atoms with Crippen molar-refractivity contribution in [1.82, 2.24) is 5.32 Å². The molecule has 0 saturated heterocycles. The Labute approximate surface area is 97.6 Å². The normalized spacial score (nSPS) is 15.9. The molecule has 0 bridgehead atoms. The molecule has 0 heterocycles. The fourth-order valence-electron chi connectivity index (χ4n) is 0.976. The minimum absolute atomic E-state index is 0.0645. The number of carbonyl (C=O) groups is 1. The minimum Gasteiger partial charge on any atom is -0.354 e. The zero-order valence-corrected chi connectivity index (χ0v) is 11.3. The van der Waals surface area contributed by atoms with Gasteiger partial charge >= 0.3 is 0 Å². The summed E-state index contributed by atoms with van der Waals surface area (Å²) in [6, 6.07) is 0. The maximum Gasteiger partial charge on any atom is 0.227 e. The van der Waals surface area contributed by atoms with Crippen molar-refractivity contribution < 1.29 is 4.79 Å². The molecular weight excluding hydrogens is 208 g/mol. The van der Waals surface area contributed by atoms with Crippen molar-refractivity contribution in [3.05, 3.63) is 0 Å². The van der Waals surface area contributed by atoms with E-state index in [4.69, 9.17) is 5.73 Å². The van der Waals surface area contributed by atoms with Gasteiger partial charge in [-0.2, -0.15) is 11.8 Å². The third-order valence-corrected chi connectivity index (χ3v) is 4.26. The molecule has 0 radical (unpaired) electrons. The molecule has 0 fully saturated rings. The number of amides is 1. The second-order valence-corrected chi connectivity index (χ2v) is 6.28. The van der Waals surface area contributed by atoms with E-state index in [0.717, 1.165) is 6.42 Å².